The normalized spacial score (nSPS) is 25.2. The van der Waals surface area contributed by atoms with Crippen LogP contribution in [0.1, 0.15) is 26.7 Å². The molecule has 2 fully saturated rings. The van der Waals surface area contributed by atoms with E-state index >= 15 is 0 Å². The van der Waals surface area contributed by atoms with E-state index in [4.69, 9.17) is 0 Å². The Balaban J connectivity index is 2.01. The first-order chi connectivity index (χ1) is 7.04. The lowest BCUT2D eigenvalue weighted by Gasteiger charge is -2.45. The zero-order chi connectivity index (χ0) is 11.1. The van der Waals surface area contributed by atoms with Crippen LogP contribution in [0.15, 0.2) is 0 Å². The zero-order valence-corrected chi connectivity index (χ0v) is 9.40. The maximum Gasteiger partial charge on any atom is 0.225 e. The average Bonchev–Trinajstić information content (AvgIpc) is 2.98. The van der Waals surface area contributed by atoms with Crippen LogP contribution >= 0.6 is 0 Å². The van der Waals surface area contributed by atoms with E-state index in [0.29, 0.717) is 19.6 Å². The van der Waals surface area contributed by atoms with Crippen LogP contribution in [0.2, 0.25) is 0 Å². The van der Waals surface area contributed by atoms with Gasteiger partial charge in [0, 0.05) is 25.6 Å². The number of piperazine rings is 1. The molecule has 0 atom stereocenters. The van der Waals surface area contributed by atoms with E-state index in [0.717, 1.165) is 19.3 Å². The molecule has 0 bridgehead atoms. The van der Waals surface area contributed by atoms with Gasteiger partial charge in [0.2, 0.25) is 12.3 Å². The predicted molar refractivity (Wildman–Crippen MR) is 56.2 cm³/mol. The second-order valence-corrected chi connectivity index (χ2v) is 5.15. The van der Waals surface area contributed by atoms with Crippen molar-refractivity contribution in [3.05, 3.63) is 0 Å². The maximum atomic E-state index is 11.9. The van der Waals surface area contributed by atoms with Crippen LogP contribution in [0.25, 0.3) is 0 Å². The molecular formula is C11H18N2O2. The second-order valence-electron chi connectivity index (χ2n) is 5.15. The first-order valence-corrected chi connectivity index (χ1v) is 5.55. The Kier molecular flexibility index (Phi) is 2.44. The average molecular weight is 210 g/mol. The minimum atomic E-state index is -0.218. The summed E-state index contributed by atoms with van der Waals surface area (Å²) in [5.41, 5.74) is -0.218. The lowest BCUT2D eigenvalue weighted by atomic mass is 9.99. The third kappa shape index (κ3) is 1.98. The van der Waals surface area contributed by atoms with Crippen molar-refractivity contribution in [1.82, 2.24) is 9.80 Å². The summed E-state index contributed by atoms with van der Waals surface area (Å²) >= 11 is 0. The van der Waals surface area contributed by atoms with Gasteiger partial charge in [0.25, 0.3) is 0 Å². The van der Waals surface area contributed by atoms with Gasteiger partial charge in [-0.1, -0.05) is 0 Å². The summed E-state index contributed by atoms with van der Waals surface area (Å²) < 4.78 is 0. The highest BCUT2D eigenvalue weighted by molar-refractivity contribution is 5.81. The summed E-state index contributed by atoms with van der Waals surface area (Å²) in [4.78, 5) is 26.4. The van der Waals surface area contributed by atoms with E-state index < -0.39 is 0 Å². The third-order valence-electron chi connectivity index (χ3n) is 3.33. The first kappa shape index (κ1) is 10.5. The standard InChI is InChI=1S/C11H18N2O2/c1-11(2)7-12(5-6-13(11)8-14)10(15)9-3-4-9/h8-9H,3-7H2,1-2H3. The Morgan fingerprint density at radius 2 is 2.00 bits per heavy atom. The largest absolute Gasteiger partial charge is 0.338 e. The fraction of sp³-hybridized carbons (Fsp3) is 0.818. The van der Waals surface area contributed by atoms with Crippen molar-refractivity contribution in [2.75, 3.05) is 19.6 Å². The van der Waals surface area contributed by atoms with Gasteiger partial charge in [-0.05, 0) is 26.7 Å². The Morgan fingerprint density at radius 3 is 2.47 bits per heavy atom. The highest BCUT2D eigenvalue weighted by Gasteiger charge is 2.39. The number of hydrogen-bond acceptors (Lipinski definition) is 2. The van der Waals surface area contributed by atoms with Gasteiger partial charge in [-0.3, -0.25) is 9.59 Å². The van der Waals surface area contributed by atoms with Crippen molar-refractivity contribution in [1.29, 1.82) is 0 Å². The van der Waals surface area contributed by atoms with Gasteiger partial charge in [-0.2, -0.15) is 0 Å². The zero-order valence-electron chi connectivity index (χ0n) is 9.40. The van der Waals surface area contributed by atoms with Crippen molar-refractivity contribution in [2.45, 2.75) is 32.2 Å². The maximum absolute atomic E-state index is 11.9. The number of nitrogens with zero attached hydrogens (tertiary/aromatic N) is 2. The van der Waals surface area contributed by atoms with Crippen LogP contribution in [0.3, 0.4) is 0 Å². The fourth-order valence-electron chi connectivity index (χ4n) is 2.14. The highest BCUT2D eigenvalue weighted by Crippen LogP contribution is 2.32. The third-order valence-corrected chi connectivity index (χ3v) is 3.33. The SMILES string of the molecule is CC1(C)CN(C(=O)C2CC2)CCN1C=O. The quantitative estimate of drug-likeness (QED) is 0.622. The molecular weight excluding hydrogens is 192 g/mol. The lowest BCUT2D eigenvalue weighted by Crippen LogP contribution is -2.60. The van der Waals surface area contributed by atoms with Gasteiger partial charge < -0.3 is 9.80 Å². The predicted octanol–water partition coefficient (Wildman–Crippen LogP) is 0.476. The Bertz CT molecular complexity index is 284. The molecule has 1 saturated heterocycles. The molecule has 1 saturated carbocycles. The van der Waals surface area contributed by atoms with Crippen molar-refractivity contribution < 1.29 is 9.59 Å². The van der Waals surface area contributed by atoms with Gasteiger partial charge in [0.15, 0.2) is 0 Å². The van der Waals surface area contributed by atoms with Gasteiger partial charge >= 0.3 is 0 Å². The smallest absolute Gasteiger partial charge is 0.225 e. The van der Waals surface area contributed by atoms with Crippen molar-refractivity contribution in [2.24, 2.45) is 5.92 Å². The molecule has 4 nitrogen and oxygen atoms in total. The number of rotatable bonds is 2. The molecule has 2 aliphatic rings. The van der Waals surface area contributed by atoms with E-state index in [9.17, 15) is 9.59 Å². The number of hydrogen-bond donors (Lipinski definition) is 0. The second kappa shape index (κ2) is 3.51. The minimum absolute atomic E-state index is 0.218. The summed E-state index contributed by atoms with van der Waals surface area (Å²) in [6.45, 7) is 6.04. The molecule has 1 heterocycles. The Labute approximate surface area is 90.2 Å². The van der Waals surface area contributed by atoms with Crippen LogP contribution in [0.5, 0.6) is 0 Å². The molecule has 2 rings (SSSR count). The molecule has 0 N–H and O–H groups in total. The molecule has 0 aromatic rings. The summed E-state index contributed by atoms with van der Waals surface area (Å²) in [6, 6.07) is 0. The van der Waals surface area contributed by atoms with Crippen LogP contribution < -0.4 is 0 Å². The van der Waals surface area contributed by atoms with Crippen LogP contribution in [0, 0.1) is 5.92 Å². The van der Waals surface area contributed by atoms with Crippen LogP contribution in [0.4, 0.5) is 0 Å². The molecule has 84 valence electrons. The van der Waals surface area contributed by atoms with E-state index in [1.54, 1.807) is 4.90 Å². The lowest BCUT2D eigenvalue weighted by molar-refractivity contribution is -0.141. The van der Waals surface area contributed by atoms with Gasteiger partial charge in [0.05, 0.1) is 5.54 Å². The summed E-state index contributed by atoms with van der Waals surface area (Å²) in [7, 11) is 0. The van der Waals surface area contributed by atoms with Crippen molar-refractivity contribution in [3.63, 3.8) is 0 Å². The van der Waals surface area contributed by atoms with Gasteiger partial charge in [-0.15, -0.1) is 0 Å². The van der Waals surface area contributed by atoms with Gasteiger partial charge in [-0.25, -0.2) is 0 Å². The molecule has 15 heavy (non-hydrogen) atoms. The number of carbonyl (C=O) groups is 2. The molecule has 1 aliphatic heterocycles. The van der Waals surface area contributed by atoms with Crippen molar-refractivity contribution in [3.8, 4) is 0 Å². The Hall–Kier alpha value is -1.06. The highest BCUT2D eigenvalue weighted by atomic mass is 16.2. The molecule has 0 radical (unpaired) electrons. The fourth-order valence-corrected chi connectivity index (χ4v) is 2.14. The molecule has 2 amide bonds. The Morgan fingerprint density at radius 1 is 1.33 bits per heavy atom. The molecule has 0 unspecified atom stereocenters. The summed E-state index contributed by atoms with van der Waals surface area (Å²) in [6.07, 6.45) is 2.99. The molecule has 1 aliphatic carbocycles. The topological polar surface area (TPSA) is 40.6 Å². The number of carbonyl (C=O) groups excluding carboxylic acids is 2. The summed E-state index contributed by atoms with van der Waals surface area (Å²) in [5.74, 6) is 0.567. The van der Waals surface area contributed by atoms with E-state index in [2.05, 4.69) is 0 Å². The molecule has 0 spiro atoms. The summed E-state index contributed by atoms with van der Waals surface area (Å²) in [5, 5.41) is 0. The van der Waals surface area contributed by atoms with E-state index in [1.165, 1.54) is 0 Å². The molecule has 4 heteroatoms. The molecule has 0 aromatic carbocycles. The number of amides is 2. The van der Waals surface area contributed by atoms with Gasteiger partial charge in [0.1, 0.15) is 0 Å². The van der Waals surface area contributed by atoms with Crippen molar-refractivity contribution >= 4 is 12.3 Å². The monoisotopic (exact) mass is 210 g/mol. The van der Waals surface area contributed by atoms with E-state index in [-0.39, 0.29) is 17.4 Å². The first-order valence-electron chi connectivity index (χ1n) is 5.55. The van der Waals surface area contributed by atoms with Crippen LogP contribution in [-0.4, -0.2) is 47.3 Å². The van der Waals surface area contributed by atoms with E-state index in [1.807, 2.05) is 18.7 Å². The van der Waals surface area contributed by atoms with Crippen LogP contribution in [-0.2, 0) is 9.59 Å². The molecule has 0 aromatic heterocycles. The minimum Gasteiger partial charge on any atom is -0.338 e.